The van der Waals surface area contributed by atoms with Crippen LogP contribution in [0.2, 0.25) is 0 Å². The predicted molar refractivity (Wildman–Crippen MR) is 84.2 cm³/mol. The molecule has 0 spiro atoms. The molecule has 0 fully saturated rings. The number of nitrogens with zero attached hydrogens (tertiary/aromatic N) is 1. The van der Waals surface area contributed by atoms with Crippen LogP contribution in [0.1, 0.15) is 22.8 Å². The van der Waals surface area contributed by atoms with E-state index in [4.69, 9.17) is 5.11 Å². The summed E-state index contributed by atoms with van der Waals surface area (Å²) in [7, 11) is -3.96. The Morgan fingerprint density at radius 1 is 1.22 bits per heavy atom. The summed E-state index contributed by atoms with van der Waals surface area (Å²) in [6, 6.07) is 9.96. The van der Waals surface area contributed by atoms with E-state index in [0.29, 0.717) is 5.69 Å². The van der Waals surface area contributed by atoms with Gasteiger partial charge in [0.15, 0.2) is 0 Å². The summed E-state index contributed by atoms with van der Waals surface area (Å²) >= 11 is 0. The van der Waals surface area contributed by atoms with Gasteiger partial charge in [0.1, 0.15) is 0 Å². The van der Waals surface area contributed by atoms with Gasteiger partial charge in [-0.05, 0) is 43.7 Å². The van der Waals surface area contributed by atoms with Crippen molar-refractivity contribution in [3.63, 3.8) is 0 Å². The molecule has 122 valence electrons. The SMILES string of the molecule is CCN(c1cccc(C)c1)S(=O)(=O)c1ccc([O-])c(C(=O)O)c1. The zero-order valence-corrected chi connectivity index (χ0v) is 13.5. The van der Waals surface area contributed by atoms with E-state index in [1.807, 2.05) is 13.0 Å². The van der Waals surface area contributed by atoms with Gasteiger partial charge in [-0.1, -0.05) is 23.9 Å². The molecule has 0 saturated carbocycles. The standard InChI is InChI=1S/C16H17NO5S/c1-3-17(12-6-4-5-11(2)9-12)23(21,22)13-7-8-15(18)14(10-13)16(19)20/h4-10,18H,3H2,1-2H3,(H,19,20)/p-1. The largest absolute Gasteiger partial charge is 0.872 e. The average Bonchev–Trinajstić information content (AvgIpc) is 2.47. The fourth-order valence-corrected chi connectivity index (χ4v) is 3.73. The van der Waals surface area contributed by atoms with E-state index < -0.39 is 27.3 Å². The molecule has 23 heavy (non-hydrogen) atoms. The second-order valence-electron chi connectivity index (χ2n) is 4.97. The summed E-state index contributed by atoms with van der Waals surface area (Å²) in [5.74, 6) is -2.18. The van der Waals surface area contributed by atoms with E-state index >= 15 is 0 Å². The molecular weight excluding hydrogens is 318 g/mol. The highest BCUT2D eigenvalue weighted by Gasteiger charge is 2.24. The first-order valence-electron chi connectivity index (χ1n) is 6.91. The zero-order valence-electron chi connectivity index (χ0n) is 12.7. The molecule has 7 heteroatoms. The molecule has 0 aliphatic rings. The summed E-state index contributed by atoms with van der Waals surface area (Å²) in [6.45, 7) is 3.70. The minimum Gasteiger partial charge on any atom is -0.872 e. The van der Waals surface area contributed by atoms with E-state index in [9.17, 15) is 18.3 Å². The topological polar surface area (TPSA) is 97.7 Å². The lowest BCUT2D eigenvalue weighted by molar-refractivity contribution is -0.268. The van der Waals surface area contributed by atoms with Crippen LogP contribution in [0.25, 0.3) is 0 Å². The second-order valence-corrected chi connectivity index (χ2v) is 6.83. The number of aryl methyl sites for hydroxylation is 1. The summed E-state index contributed by atoms with van der Waals surface area (Å²) in [6.07, 6.45) is 0. The molecule has 0 heterocycles. The number of hydrogen-bond donors (Lipinski definition) is 1. The van der Waals surface area contributed by atoms with Gasteiger partial charge < -0.3 is 10.2 Å². The number of rotatable bonds is 5. The minimum atomic E-state index is -3.96. The third-order valence-electron chi connectivity index (χ3n) is 3.35. The van der Waals surface area contributed by atoms with Gasteiger partial charge >= 0.3 is 5.97 Å². The van der Waals surface area contributed by atoms with Gasteiger partial charge in [0.25, 0.3) is 10.0 Å². The molecule has 0 aromatic heterocycles. The van der Waals surface area contributed by atoms with Crippen LogP contribution in [0.4, 0.5) is 5.69 Å². The summed E-state index contributed by atoms with van der Waals surface area (Å²) in [5.41, 5.74) is 0.819. The van der Waals surface area contributed by atoms with Gasteiger partial charge in [-0.15, -0.1) is 0 Å². The lowest BCUT2D eigenvalue weighted by Crippen LogP contribution is -2.31. The summed E-state index contributed by atoms with van der Waals surface area (Å²) < 4.78 is 26.8. The Morgan fingerprint density at radius 3 is 2.48 bits per heavy atom. The maximum atomic E-state index is 12.8. The van der Waals surface area contributed by atoms with Crippen LogP contribution >= 0.6 is 0 Å². The molecule has 0 saturated heterocycles. The van der Waals surface area contributed by atoms with Crippen LogP contribution in [0, 0.1) is 6.92 Å². The van der Waals surface area contributed by atoms with Crippen molar-refractivity contribution in [1.82, 2.24) is 0 Å². The Kier molecular flexibility index (Phi) is 4.60. The predicted octanol–water partition coefficient (Wildman–Crippen LogP) is 1.98. The van der Waals surface area contributed by atoms with Crippen LogP contribution in [-0.2, 0) is 10.0 Å². The number of carbonyl (C=O) groups is 1. The Hall–Kier alpha value is -2.54. The van der Waals surface area contributed by atoms with Gasteiger partial charge in [-0.3, -0.25) is 4.31 Å². The van der Waals surface area contributed by atoms with E-state index in [1.54, 1.807) is 25.1 Å². The van der Waals surface area contributed by atoms with Crippen molar-refractivity contribution in [1.29, 1.82) is 0 Å². The Morgan fingerprint density at radius 2 is 1.91 bits per heavy atom. The Balaban J connectivity index is 2.56. The quantitative estimate of drug-likeness (QED) is 0.901. The molecule has 0 unspecified atom stereocenters. The van der Waals surface area contributed by atoms with Crippen LogP contribution < -0.4 is 9.41 Å². The number of anilines is 1. The lowest BCUT2D eigenvalue weighted by Gasteiger charge is -2.24. The van der Waals surface area contributed by atoms with Crippen molar-refractivity contribution in [2.45, 2.75) is 18.7 Å². The van der Waals surface area contributed by atoms with Crippen molar-refractivity contribution in [2.24, 2.45) is 0 Å². The Bertz CT molecular complexity index is 845. The van der Waals surface area contributed by atoms with E-state index in [2.05, 4.69) is 0 Å². The van der Waals surface area contributed by atoms with Crippen LogP contribution in [0.5, 0.6) is 5.75 Å². The highest BCUT2D eigenvalue weighted by atomic mass is 32.2. The number of hydrogen-bond acceptors (Lipinski definition) is 4. The zero-order chi connectivity index (χ0) is 17.2. The normalized spacial score (nSPS) is 11.2. The van der Waals surface area contributed by atoms with Gasteiger partial charge in [0.2, 0.25) is 0 Å². The molecule has 2 aromatic carbocycles. The molecule has 0 aliphatic carbocycles. The molecule has 0 bridgehead atoms. The van der Waals surface area contributed by atoms with Gasteiger partial charge in [0.05, 0.1) is 16.1 Å². The molecule has 2 rings (SSSR count). The van der Waals surface area contributed by atoms with Crippen molar-refractivity contribution in [3.05, 3.63) is 53.6 Å². The molecule has 0 radical (unpaired) electrons. The highest BCUT2D eigenvalue weighted by molar-refractivity contribution is 7.92. The first-order valence-corrected chi connectivity index (χ1v) is 8.35. The third kappa shape index (κ3) is 3.29. The molecule has 0 aliphatic heterocycles. The van der Waals surface area contributed by atoms with Crippen LogP contribution in [0.15, 0.2) is 47.4 Å². The van der Waals surface area contributed by atoms with Gasteiger partial charge in [0, 0.05) is 6.54 Å². The third-order valence-corrected chi connectivity index (χ3v) is 5.25. The monoisotopic (exact) mass is 334 g/mol. The van der Waals surface area contributed by atoms with Crippen molar-refractivity contribution in [3.8, 4) is 5.75 Å². The highest BCUT2D eigenvalue weighted by Crippen LogP contribution is 2.26. The molecule has 1 N–H and O–H groups in total. The van der Waals surface area contributed by atoms with E-state index in [1.165, 1.54) is 4.31 Å². The average molecular weight is 334 g/mol. The van der Waals surface area contributed by atoms with Crippen molar-refractivity contribution < 1.29 is 23.4 Å². The number of sulfonamides is 1. The number of benzene rings is 2. The molecule has 6 nitrogen and oxygen atoms in total. The van der Waals surface area contributed by atoms with E-state index in [-0.39, 0.29) is 11.4 Å². The molecular formula is C16H16NO5S-. The van der Waals surface area contributed by atoms with Crippen molar-refractivity contribution in [2.75, 3.05) is 10.8 Å². The maximum Gasteiger partial charge on any atom is 0.335 e. The van der Waals surface area contributed by atoms with Crippen molar-refractivity contribution >= 4 is 21.7 Å². The Labute approximate surface area is 134 Å². The maximum absolute atomic E-state index is 12.8. The smallest absolute Gasteiger partial charge is 0.335 e. The summed E-state index contributed by atoms with van der Waals surface area (Å²) in [4.78, 5) is 10.8. The molecule has 0 atom stereocenters. The number of carboxylic acid groups (broad SMARTS) is 1. The van der Waals surface area contributed by atoms with E-state index in [0.717, 1.165) is 23.8 Å². The second kappa shape index (κ2) is 6.29. The number of carboxylic acids is 1. The fourth-order valence-electron chi connectivity index (χ4n) is 2.24. The lowest BCUT2D eigenvalue weighted by atomic mass is 10.2. The van der Waals surface area contributed by atoms with Gasteiger partial charge in [-0.25, -0.2) is 13.2 Å². The minimum absolute atomic E-state index is 0.174. The summed E-state index contributed by atoms with van der Waals surface area (Å²) in [5, 5.41) is 20.5. The first-order chi connectivity index (χ1) is 10.8. The molecule has 0 amide bonds. The molecule has 2 aromatic rings. The van der Waals surface area contributed by atoms with Crippen LogP contribution in [-0.4, -0.2) is 26.0 Å². The number of aromatic carboxylic acids is 1. The van der Waals surface area contributed by atoms with Crippen LogP contribution in [0.3, 0.4) is 0 Å². The first kappa shape index (κ1) is 16.8. The van der Waals surface area contributed by atoms with Gasteiger partial charge in [-0.2, -0.15) is 0 Å². The fraction of sp³-hybridized carbons (Fsp3) is 0.188.